The molecule has 1 amide bonds. The third-order valence-electron chi connectivity index (χ3n) is 3.48. The molecule has 7 nitrogen and oxygen atoms in total. The number of benzene rings is 2. The first-order valence-electron chi connectivity index (χ1n) is 8.02. The topological polar surface area (TPSA) is 93.5 Å². The second-order valence-corrected chi connectivity index (χ2v) is 5.49. The highest BCUT2D eigenvalue weighted by atomic mass is 16.6. The fourth-order valence-corrected chi connectivity index (χ4v) is 2.29. The lowest BCUT2D eigenvalue weighted by atomic mass is 10.1. The fraction of sp³-hybridized carbons (Fsp3) is 0.278. The molecule has 0 aliphatic heterocycles. The maximum Gasteiger partial charge on any atom is 0.282 e. The van der Waals surface area contributed by atoms with Crippen molar-refractivity contribution < 1.29 is 14.5 Å². The Bertz CT molecular complexity index is 734. The lowest BCUT2D eigenvalue weighted by Crippen LogP contribution is -2.37. The molecule has 0 unspecified atom stereocenters. The summed E-state index contributed by atoms with van der Waals surface area (Å²) in [4.78, 5) is 23.0. The molecule has 0 heterocycles. The van der Waals surface area contributed by atoms with Gasteiger partial charge in [0.25, 0.3) is 11.6 Å². The van der Waals surface area contributed by atoms with Gasteiger partial charge in [-0.05, 0) is 38.1 Å². The number of nitro groups is 1. The van der Waals surface area contributed by atoms with E-state index in [0.717, 1.165) is 5.69 Å². The number of anilines is 1. The summed E-state index contributed by atoms with van der Waals surface area (Å²) in [6, 6.07) is 13.5. The van der Waals surface area contributed by atoms with Gasteiger partial charge in [0.2, 0.25) is 0 Å². The van der Waals surface area contributed by atoms with Crippen LogP contribution in [0.4, 0.5) is 11.4 Å². The highest BCUT2D eigenvalue weighted by Gasteiger charge is 2.22. The van der Waals surface area contributed by atoms with E-state index >= 15 is 0 Å². The van der Waals surface area contributed by atoms with Gasteiger partial charge in [-0.2, -0.15) is 0 Å². The molecule has 7 heteroatoms. The number of carbonyl (C=O) groups is 1. The second-order valence-electron chi connectivity index (χ2n) is 5.49. The molecule has 0 bridgehead atoms. The summed E-state index contributed by atoms with van der Waals surface area (Å²) in [6.45, 7) is 4.54. The van der Waals surface area contributed by atoms with Crippen LogP contribution in [0.25, 0.3) is 0 Å². The number of nitrogens with zero attached hydrogens (tertiary/aromatic N) is 1. The van der Waals surface area contributed by atoms with Crippen molar-refractivity contribution in [1.82, 2.24) is 5.32 Å². The number of amides is 1. The second kappa shape index (κ2) is 8.68. The lowest BCUT2D eigenvalue weighted by Gasteiger charge is -2.16. The van der Waals surface area contributed by atoms with Crippen LogP contribution < -0.4 is 15.4 Å². The highest BCUT2D eigenvalue weighted by Crippen LogP contribution is 2.24. The van der Waals surface area contributed by atoms with Crippen LogP contribution in [0, 0.1) is 10.1 Å². The smallest absolute Gasteiger partial charge is 0.282 e. The van der Waals surface area contributed by atoms with Gasteiger partial charge in [-0.3, -0.25) is 14.9 Å². The molecule has 0 radical (unpaired) electrons. The Kier molecular flexibility index (Phi) is 6.33. The van der Waals surface area contributed by atoms with Crippen LogP contribution in [0.15, 0.2) is 48.5 Å². The maximum absolute atomic E-state index is 12.4. The molecule has 0 spiro atoms. The van der Waals surface area contributed by atoms with Crippen molar-refractivity contribution in [2.75, 3.05) is 18.5 Å². The number of para-hydroxylation sites is 1. The summed E-state index contributed by atoms with van der Waals surface area (Å²) >= 11 is 0. The van der Waals surface area contributed by atoms with E-state index in [1.165, 1.54) is 18.2 Å². The van der Waals surface area contributed by atoms with Crippen molar-refractivity contribution in [2.24, 2.45) is 0 Å². The summed E-state index contributed by atoms with van der Waals surface area (Å²) < 4.78 is 5.33. The number of nitrogens with one attached hydrogen (secondary N) is 2. The molecule has 0 aliphatic rings. The summed E-state index contributed by atoms with van der Waals surface area (Å²) in [5.41, 5.74) is 0.680. The zero-order chi connectivity index (χ0) is 18.2. The minimum Gasteiger partial charge on any atom is -0.494 e. The third kappa shape index (κ3) is 5.20. The predicted octanol–water partition coefficient (Wildman–Crippen LogP) is 3.22. The minimum absolute atomic E-state index is 0.0116. The van der Waals surface area contributed by atoms with Crippen molar-refractivity contribution in [3.8, 4) is 5.75 Å². The van der Waals surface area contributed by atoms with Crippen molar-refractivity contribution in [1.29, 1.82) is 0 Å². The SMILES string of the molecule is CCOc1ccc([N+](=O)[O-])c(C(=O)N[C@@H](C)CNc2ccccc2)c1. The molecule has 0 fully saturated rings. The van der Waals surface area contributed by atoms with Gasteiger partial charge in [-0.25, -0.2) is 0 Å². The summed E-state index contributed by atoms with van der Waals surface area (Å²) in [7, 11) is 0. The van der Waals surface area contributed by atoms with Crippen molar-refractivity contribution in [3.05, 3.63) is 64.2 Å². The van der Waals surface area contributed by atoms with E-state index in [1.807, 2.05) is 37.3 Å². The van der Waals surface area contributed by atoms with Gasteiger partial charge in [0.1, 0.15) is 11.3 Å². The Morgan fingerprint density at radius 3 is 2.60 bits per heavy atom. The molecule has 132 valence electrons. The van der Waals surface area contributed by atoms with E-state index in [1.54, 1.807) is 6.92 Å². The van der Waals surface area contributed by atoms with Crippen LogP contribution in [0.1, 0.15) is 24.2 Å². The van der Waals surface area contributed by atoms with Gasteiger partial charge in [-0.15, -0.1) is 0 Å². The van der Waals surface area contributed by atoms with Gasteiger partial charge >= 0.3 is 0 Å². The average Bonchev–Trinajstić information content (AvgIpc) is 2.61. The predicted molar refractivity (Wildman–Crippen MR) is 96.1 cm³/mol. The molecule has 0 saturated carbocycles. The summed E-state index contributed by atoms with van der Waals surface area (Å²) in [6.07, 6.45) is 0. The van der Waals surface area contributed by atoms with Gasteiger partial charge in [0, 0.05) is 24.3 Å². The largest absolute Gasteiger partial charge is 0.494 e. The van der Waals surface area contributed by atoms with Crippen LogP contribution in [-0.2, 0) is 0 Å². The van der Waals surface area contributed by atoms with E-state index in [2.05, 4.69) is 10.6 Å². The maximum atomic E-state index is 12.4. The van der Waals surface area contributed by atoms with Crippen LogP contribution in [0.3, 0.4) is 0 Å². The number of carbonyl (C=O) groups excluding carboxylic acids is 1. The van der Waals surface area contributed by atoms with Crippen molar-refractivity contribution >= 4 is 17.3 Å². The van der Waals surface area contributed by atoms with Crippen LogP contribution >= 0.6 is 0 Å². The van der Waals surface area contributed by atoms with Crippen LogP contribution in [0.2, 0.25) is 0 Å². The fourth-order valence-electron chi connectivity index (χ4n) is 2.29. The first kappa shape index (κ1) is 18.3. The molecule has 0 aromatic heterocycles. The summed E-state index contributed by atoms with van der Waals surface area (Å²) in [5, 5.41) is 17.1. The highest BCUT2D eigenvalue weighted by molar-refractivity contribution is 5.98. The van der Waals surface area contributed by atoms with Crippen molar-refractivity contribution in [3.63, 3.8) is 0 Å². The Morgan fingerprint density at radius 2 is 1.96 bits per heavy atom. The van der Waals surface area contributed by atoms with Gasteiger partial charge < -0.3 is 15.4 Å². The minimum atomic E-state index is -0.572. The summed E-state index contributed by atoms with van der Waals surface area (Å²) in [5.74, 6) is -0.0797. The van der Waals surface area contributed by atoms with E-state index in [-0.39, 0.29) is 17.3 Å². The van der Waals surface area contributed by atoms with Crippen molar-refractivity contribution in [2.45, 2.75) is 19.9 Å². The number of ether oxygens (including phenoxy) is 1. The Labute approximate surface area is 146 Å². The van der Waals surface area contributed by atoms with E-state index in [0.29, 0.717) is 18.9 Å². The zero-order valence-electron chi connectivity index (χ0n) is 14.2. The molecule has 0 saturated heterocycles. The van der Waals surface area contributed by atoms with Crippen LogP contribution in [-0.4, -0.2) is 30.0 Å². The monoisotopic (exact) mass is 343 g/mol. The Morgan fingerprint density at radius 1 is 1.24 bits per heavy atom. The van der Waals surface area contributed by atoms with E-state index in [9.17, 15) is 14.9 Å². The third-order valence-corrected chi connectivity index (χ3v) is 3.48. The quantitative estimate of drug-likeness (QED) is 0.567. The molecule has 2 rings (SSSR count). The molecule has 25 heavy (non-hydrogen) atoms. The number of nitro benzene ring substituents is 1. The normalized spacial score (nSPS) is 11.4. The Hall–Kier alpha value is -3.09. The standard InChI is InChI=1S/C18H21N3O4/c1-3-25-15-9-10-17(21(23)24)16(11-15)18(22)20-13(2)12-19-14-7-5-4-6-8-14/h4-11,13,19H,3,12H2,1-2H3,(H,20,22)/t13-/m0/s1. The molecule has 2 N–H and O–H groups in total. The van der Waals surface area contributed by atoms with Gasteiger partial charge in [0.05, 0.1) is 11.5 Å². The number of hydrogen-bond donors (Lipinski definition) is 2. The van der Waals surface area contributed by atoms with E-state index < -0.39 is 10.8 Å². The first-order valence-corrected chi connectivity index (χ1v) is 8.02. The molecule has 2 aromatic carbocycles. The molecule has 1 atom stereocenters. The van der Waals surface area contributed by atoms with E-state index in [4.69, 9.17) is 4.74 Å². The average molecular weight is 343 g/mol. The molecule has 0 aliphatic carbocycles. The number of rotatable bonds is 8. The number of hydrogen-bond acceptors (Lipinski definition) is 5. The molecule has 2 aromatic rings. The molecular formula is C18H21N3O4. The Balaban J connectivity index is 2.05. The zero-order valence-corrected chi connectivity index (χ0v) is 14.2. The first-order chi connectivity index (χ1) is 12.0. The van der Waals surface area contributed by atoms with Gasteiger partial charge in [0.15, 0.2) is 0 Å². The van der Waals surface area contributed by atoms with Crippen LogP contribution in [0.5, 0.6) is 5.75 Å². The van der Waals surface area contributed by atoms with Gasteiger partial charge in [-0.1, -0.05) is 18.2 Å². The lowest BCUT2D eigenvalue weighted by molar-refractivity contribution is -0.385. The molecular weight excluding hydrogens is 322 g/mol.